The van der Waals surface area contributed by atoms with Crippen molar-refractivity contribution in [1.29, 1.82) is 0 Å². The van der Waals surface area contributed by atoms with Crippen molar-refractivity contribution in [2.75, 3.05) is 12.8 Å². The zero-order chi connectivity index (χ0) is 13.0. The van der Waals surface area contributed by atoms with Crippen molar-refractivity contribution in [2.24, 2.45) is 0 Å². The van der Waals surface area contributed by atoms with Crippen LogP contribution in [0.2, 0.25) is 0 Å². The molecule has 18 heavy (non-hydrogen) atoms. The maximum absolute atomic E-state index is 5.68. The number of benzene rings is 2. The Morgan fingerprint density at radius 1 is 1.00 bits per heavy atom. The van der Waals surface area contributed by atoms with Gasteiger partial charge in [-0.15, -0.1) is 0 Å². The average Bonchev–Trinajstić information content (AvgIpc) is 2.32. The van der Waals surface area contributed by atoms with Crippen LogP contribution in [0.4, 0.5) is 5.69 Å². The van der Waals surface area contributed by atoms with E-state index in [4.69, 9.17) is 5.73 Å². The van der Waals surface area contributed by atoms with Crippen LogP contribution in [-0.4, -0.2) is 11.9 Å². The van der Waals surface area contributed by atoms with E-state index in [2.05, 4.69) is 58.2 Å². The van der Waals surface area contributed by atoms with Gasteiger partial charge in [-0.3, -0.25) is 4.90 Å². The molecule has 0 unspecified atom stereocenters. The van der Waals surface area contributed by atoms with E-state index in [-0.39, 0.29) is 0 Å². The zero-order valence-electron chi connectivity index (χ0n) is 10.4. The first-order valence-electron chi connectivity index (χ1n) is 5.91. The highest BCUT2D eigenvalue weighted by Gasteiger charge is 2.02. The van der Waals surface area contributed by atoms with Gasteiger partial charge in [-0.05, 0) is 42.4 Å². The fourth-order valence-electron chi connectivity index (χ4n) is 1.94. The van der Waals surface area contributed by atoms with Crippen molar-refractivity contribution in [3.8, 4) is 0 Å². The molecule has 2 nitrogen and oxygen atoms in total. The van der Waals surface area contributed by atoms with Gasteiger partial charge in [0.15, 0.2) is 0 Å². The summed E-state index contributed by atoms with van der Waals surface area (Å²) in [6, 6.07) is 16.5. The largest absolute Gasteiger partial charge is 0.399 e. The molecule has 0 aromatic heterocycles. The molecular weight excluding hydrogens is 288 g/mol. The minimum atomic E-state index is 0.813. The standard InChI is InChI=1S/C15H17BrN2/c1-18(10-12-5-7-15(17)8-6-12)11-13-3-2-4-14(16)9-13/h2-9H,10-11,17H2,1H3. The third-order valence-corrected chi connectivity index (χ3v) is 3.27. The number of nitrogen functional groups attached to an aromatic ring is 1. The Hall–Kier alpha value is -1.32. The van der Waals surface area contributed by atoms with Gasteiger partial charge in [0.05, 0.1) is 0 Å². The van der Waals surface area contributed by atoms with E-state index in [1.807, 2.05) is 18.2 Å². The molecule has 0 aliphatic carbocycles. The third kappa shape index (κ3) is 3.86. The molecule has 0 saturated carbocycles. The molecule has 0 saturated heterocycles. The van der Waals surface area contributed by atoms with E-state index in [1.165, 1.54) is 11.1 Å². The highest BCUT2D eigenvalue weighted by molar-refractivity contribution is 9.10. The molecule has 2 aromatic carbocycles. The van der Waals surface area contributed by atoms with Gasteiger partial charge in [-0.25, -0.2) is 0 Å². The van der Waals surface area contributed by atoms with Crippen molar-refractivity contribution < 1.29 is 0 Å². The quantitative estimate of drug-likeness (QED) is 0.873. The molecule has 0 atom stereocenters. The molecular formula is C15H17BrN2. The second kappa shape index (κ2) is 6.03. The Balaban J connectivity index is 1.96. The first kappa shape index (κ1) is 13.1. The van der Waals surface area contributed by atoms with E-state index >= 15 is 0 Å². The first-order chi connectivity index (χ1) is 8.63. The molecule has 94 valence electrons. The number of hydrogen-bond donors (Lipinski definition) is 1. The summed E-state index contributed by atoms with van der Waals surface area (Å²) in [5.74, 6) is 0. The maximum atomic E-state index is 5.68. The van der Waals surface area contributed by atoms with Crippen LogP contribution in [-0.2, 0) is 13.1 Å². The van der Waals surface area contributed by atoms with Gasteiger partial charge in [0.1, 0.15) is 0 Å². The summed E-state index contributed by atoms with van der Waals surface area (Å²) in [6.45, 7) is 1.86. The van der Waals surface area contributed by atoms with E-state index in [1.54, 1.807) is 0 Å². The fourth-order valence-corrected chi connectivity index (χ4v) is 2.38. The van der Waals surface area contributed by atoms with Crippen LogP contribution in [0.1, 0.15) is 11.1 Å². The van der Waals surface area contributed by atoms with Crippen LogP contribution in [0.3, 0.4) is 0 Å². The second-order valence-corrected chi connectivity index (χ2v) is 5.46. The molecule has 0 aliphatic heterocycles. The van der Waals surface area contributed by atoms with Gasteiger partial charge in [-0.1, -0.05) is 40.2 Å². The molecule has 0 aliphatic rings. The normalized spacial score (nSPS) is 10.8. The Kier molecular flexibility index (Phi) is 4.39. The highest BCUT2D eigenvalue weighted by Crippen LogP contribution is 2.14. The molecule has 0 radical (unpaired) electrons. The predicted molar refractivity (Wildman–Crippen MR) is 80.2 cm³/mol. The van der Waals surface area contributed by atoms with Crippen LogP contribution >= 0.6 is 15.9 Å². The lowest BCUT2D eigenvalue weighted by Gasteiger charge is -2.17. The van der Waals surface area contributed by atoms with Gasteiger partial charge in [0.25, 0.3) is 0 Å². The van der Waals surface area contributed by atoms with Gasteiger partial charge in [0.2, 0.25) is 0 Å². The summed E-state index contributed by atoms with van der Waals surface area (Å²) >= 11 is 3.49. The SMILES string of the molecule is CN(Cc1ccc(N)cc1)Cc1cccc(Br)c1. The number of anilines is 1. The summed E-state index contributed by atoms with van der Waals surface area (Å²) < 4.78 is 1.13. The van der Waals surface area contributed by atoms with Gasteiger partial charge < -0.3 is 5.73 Å². The lowest BCUT2D eigenvalue weighted by atomic mass is 10.1. The Bertz CT molecular complexity index is 508. The van der Waals surface area contributed by atoms with Gasteiger partial charge >= 0.3 is 0 Å². The minimum Gasteiger partial charge on any atom is -0.399 e. The number of rotatable bonds is 4. The third-order valence-electron chi connectivity index (χ3n) is 2.77. The molecule has 2 rings (SSSR count). The summed E-state index contributed by atoms with van der Waals surface area (Å²) in [5.41, 5.74) is 9.08. The minimum absolute atomic E-state index is 0.813. The van der Waals surface area contributed by atoms with Crippen LogP contribution in [0.25, 0.3) is 0 Å². The fraction of sp³-hybridized carbons (Fsp3) is 0.200. The van der Waals surface area contributed by atoms with Crippen LogP contribution in [0.15, 0.2) is 53.0 Å². The average molecular weight is 305 g/mol. The summed E-state index contributed by atoms with van der Waals surface area (Å²) in [4.78, 5) is 2.29. The molecule has 0 bridgehead atoms. The zero-order valence-corrected chi connectivity index (χ0v) is 12.0. The second-order valence-electron chi connectivity index (χ2n) is 4.54. The monoisotopic (exact) mass is 304 g/mol. The van der Waals surface area contributed by atoms with Gasteiger partial charge in [0, 0.05) is 23.2 Å². The van der Waals surface area contributed by atoms with Crippen molar-refractivity contribution >= 4 is 21.6 Å². The Morgan fingerprint density at radius 3 is 2.33 bits per heavy atom. The lowest BCUT2D eigenvalue weighted by Crippen LogP contribution is -2.17. The van der Waals surface area contributed by atoms with Crippen LogP contribution in [0, 0.1) is 0 Å². The highest BCUT2D eigenvalue weighted by atomic mass is 79.9. The molecule has 0 spiro atoms. The Morgan fingerprint density at radius 2 is 1.67 bits per heavy atom. The summed E-state index contributed by atoms with van der Waals surface area (Å²) in [6.07, 6.45) is 0. The van der Waals surface area contributed by atoms with Crippen molar-refractivity contribution in [1.82, 2.24) is 4.90 Å². The Labute approximate surface area is 117 Å². The van der Waals surface area contributed by atoms with Crippen molar-refractivity contribution in [3.63, 3.8) is 0 Å². The first-order valence-corrected chi connectivity index (χ1v) is 6.70. The van der Waals surface area contributed by atoms with E-state index < -0.39 is 0 Å². The number of nitrogens with zero attached hydrogens (tertiary/aromatic N) is 1. The number of hydrogen-bond acceptors (Lipinski definition) is 2. The molecule has 0 heterocycles. The molecule has 0 amide bonds. The molecule has 0 fully saturated rings. The smallest absolute Gasteiger partial charge is 0.0314 e. The predicted octanol–water partition coefficient (Wildman–Crippen LogP) is 3.66. The molecule has 3 heteroatoms. The summed E-state index contributed by atoms with van der Waals surface area (Å²) in [7, 11) is 2.12. The maximum Gasteiger partial charge on any atom is 0.0314 e. The van der Waals surface area contributed by atoms with Gasteiger partial charge in [-0.2, -0.15) is 0 Å². The molecule has 2 N–H and O–H groups in total. The van der Waals surface area contributed by atoms with E-state index in [9.17, 15) is 0 Å². The lowest BCUT2D eigenvalue weighted by molar-refractivity contribution is 0.319. The number of nitrogens with two attached hydrogens (primary N) is 1. The van der Waals surface area contributed by atoms with Crippen LogP contribution < -0.4 is 5.73 Å². The van der Waals surface area contributed by atoms with Crippen molar-refractivity contribution in [2.45, 2.75) is 13.1 Å². The van der Waals surface area contributed by atoms with E-state index in [0.717, 1.165) is 23.2 Å². The van der Waals surface area contributed by atoms with Crippen molar-refractivity contribution in [3.05, 3.63) is 64.1 Å². The van der Waals surface area contributed by atoms with Crippen LogP contribution in [0.5, 0.6) is 0 Å². The molecule has 2 aromatic rings. The number of halogens is 1. The van der Waals surface area contributed by atoms with E-state index in [0.29, 0.717) is 0 Å². The summed E-state index contributed by atoms with van der Waals surface area (Å²) in [5, 5.41) is 0. The topological polar surface area (TPSA) is 29.3 Å².